The van der Waals surface area contributed by atoms with Gasteiger partial charge in [0.05, 0.1) is 5.41 Å². The van der Waals surface area contributed by atoms with E-state index in [1.807, 2.05) is 6.07 Å². The first kappa shape index (κ1) is 33.5. The molecule has 0 saturated carbocycles. The van der Waals surface area contributed by atoms with Gasteiger partial charge in [-0.25, -0.2) is 0 Å². The highest BCUT2D eigenvalue weighted by molar-refractivity contribution is 6.09. The average molecular weight is 766 g/mol. The monoisotopic (exact) mass is 765 g/mol. The topological polar surface area (TPSA) is 16.4 Å². The second-order valence-electron chi connectivity index (χ2n) is 17.2. The van der Waals surface area contributed by atoms with Gasteiger partial charge in [-0.2, -0.15) is 0 Å². The summed E-state index contributed by atoms with van der Waals surface area (Å²) in [5.74, 6) is 0. The van der Waals surface area contributed by atoms with Crippen molar-refractivity contribution in [3.63, 3.8) is 0 Å². The summed E-state index contributed by atoms with van der Waals surface area (Å²) < 4.78 is 6.58. The lowest BCUT2D eigenvalue weighted by Crippen LogP contribution is -2.25. The van der Waals surface area contributed by atoms with E-state index < -0.39 is 5.41 Å². The summed E-state index contributed by atoms with van der Waals surface area (Å²) in [5, 5.41) is 2.27. The molecule has 0 fully saturated rings. The Morgan fingerprint density at radius 1 is 0.350 bits per heavy atom. The van der Waals surface area contributed by atoms with E-state index in [4.69, 9.17) is 4.42 Å². The molecular weight excluding hydrogens is 727 g/mol. The number of anilines is 3. The van der Waals surface area contributed by atoms with E-state index in [0.717, 1.165) is 50.1 Å². The number of fused-ring (bicyclic) bond motifs is 16. The van der Waals surface area contributed by atoms with E-state index in [0.29, 0.717) is 0 Å². The molecule has 2 heteroatoms. The molecule has 0 aliphatic heterocycles. The highest BCUT2D eigenvalue weighted by Gasteiger charge is 2.51. The largest absolute Gasteiger partial charge is 0.455 e. The minimum atomic E-state index is -0.392. The van der Waals surface area contributed by atoms with Crippen molar-refractivity contribution in [1.29, 1.82) is 0 Å². The molecule has 3 aliphatic carbocycles. The number of benzene rings is 9. The molecule has 60 heavy (non-hydrogen) atoms. The van der Waals surface area contributed by atoms with Gasteiger partial charge in [-0.15, -0.1) is 0 Å². The van der Waals surface area contributed by atoms with E-state index >= 15 is 0 Å². The van der Waals surface area contributed by atoms with Crippen LogP contribution in [0.3, 0.4) is 0 Å². The van der Waals surface area contributed by atoms with Gasteiger partial charge in [0.2, 0.25) is 0 Å². The van der Waals surface area contributed by atoms with Crippen LogP contribution < -0.4 is 4.90 Å². The molecule has 9 aromatic carbocycles. The first-order valence-electron chi connectivity index (χ1n) is 21.0. The molecule has 0 N–H and O–H groups in total. The quantitative estimate of drug-likeness (QED) is 0.177. The van der Waals surface area contributed by atoms with E-state index in [2.05, 4.69) is 213 Å². The van der Waals surface area contributed by atoms with Crippen LogP contribution in [0.5, 0.6) is 0 Å². The second-order valence-corrected chi connectivity index (χ2v) is 17.2. The maximum Gasteiger partial charge on any atom is 0.143 e. The Morgan fingerprint density at radius 2 is 0.850 bits per heavy atom. The zero-order chi connectivity index (χ0) is 39.7. The van der Waals surface area contributed by atoms with Crippen molar-refractivity contribution in [2.24, 2.45) is 0 Å². The molecule has 0 amide bonds. The fraction of sp³-hybridized carbons (Fsp3) is 0.0690. The minimum absolute atomic E-state index is 0.140. The number of para-hydroxylation sites is 2. The lowest BCUT2D eigenvalue weighted by molar-refractivity contribution is 0.660. The van der Waals surface area contributed by atoms with E-state index in [-0.39, 0.29) is 5.41 Å². The van der Waals surface area contributed by atoms with Crippen LogP contribution in [0.1, 0.15) is 47.2 Å². The van der Waals surface area contributed by atoms with Crippen LogP contribution in [0.15, 0.2) is 205 Å². The van der Waals surface area contributed by atoms with Gasteiger partial charge in [-0.05, 0) is 115 Å². The Kier molecular flexibility index (Phi) is 6.74. The predicted octanol–water partition coefficient (Wildman–Crippen LogP) is 15.4. The maximum atomic E-state index is 6.58. The fourth-order valence-electron chi connectivity index (χ4n) is 11.3. The highest BCUT2D eigenvalue weighted by atomic mass is 16.3. The van der Waals surface area contributed by atoms with Gasteiger partial charge in [-0.1, -0.05) is 172 Å². The summed E-state index contributed by atoms with van der Waals surface area (Å²) in [4.78, 5) is 2.46. The summed E-state index contributed by atoms with van der Waals surface area (Å²) in [7, 11) is 0. The molecule has 13 rings (SSSR count). The molecule has 2 nitrogen and oxygen atoms in total. The lowest BCUT2D eigenvalue weighted by atomic mass is 9.70. The third kappa shape index (κ3) is 4.32. The van der Waals surface area contributed by atoms with Crippen LogP contribution in [0.25, 0.3) is 66.4 Å². The van der Waals surface area contributed by atoms with Crippen molar-refractivity contribution in [2.75, 3.05) is 4.90 Å². The van der Waals surface area contributed by atoms with Crippen LogP contribution >= 0.6 is 0 Å². The third-order valence-corrected chi connectivity index (χ3v) is 13.9. The van der Waals surface area contributed by atoms with Crippen LogP contribution in [0.2, 0.25) is 0 Å². The van der Waals surface area contributed by atoms with Crippen molar-refractivity contribution in [3.05, 3.63) is 234 Å². The number of furan rings is 1. The Labute approximate surface area is 349 Å². The Bertz CT molecular complexity index is 3390. The molecule has 1 heterocycles. The standard InChI is InChI=1S/C58H39NO/c1-57(2)49-24-8-3-17-41(49)45-31-29-39(35-54(45)57)59(37-16-13-15-36(33-37)40-22-14-23-47-46-21-7-12-28-55(46)60-56(40)47)38-30-32-53-48(34-38)44-20-6-11-27-52(44)58(53)50-25-9-4-18-42(50)43-19-5-10-26-51(43)58/h3-35H,1-2H3. The lowest BCUT2D eigenvalue weighted by Gasteiger charge is -2.31. The summed E-state index contributed by atoms with van der Waals surface area (Å²) in [6.45, 7) is 4.73. The molecule has 0 unspecified atom stereocenters. The Morgan fingerprint density at radius 3 is 1.58 bits per heavy atom. The van der Waals surface area contributed by atoms with Crippen LogP contribution in [0, 0.1) is 0 Å². The second kappa shape index (κ2) is 12.1. The molecule has 1 spiro atoms. The van der Waals surface area contributed by atoms with Gasteiger partial charge < -0.3 is 9.32 Å². The molecule has 282 valence electrons. The molecule has 0 atom stereocenters. The summed E-state index contributed by atoms with van der Waals surface area (Å²) in [6.07, 6.45) is 0. The van der Waals surface area contributed by atoms with Crippen molar-refractivity contribution in [1.82, 2.24) is 0 Å². The van der Waals surface area contributed by atoms with Gasteiger partial charge in [0.1, 0.15) is 11.2 Å². The van der Waals surface area contributed by atoms with E-state index in [1.165, 1.54) is 66.8 Å². The van der Waals surface area contributed by atoms with Crippen LogP contribution in [-0.4, -0.2) is 0 Å². The van der Waals surface area contributed by atoms with Gasteiger partial charge in [-0.3, -0.25) is 0 Å². The van der Waals surface area contributed by atoms with Gasteiger partial charge >= 0.3 is 0 Å². The average Bonchev–Trinajstić information content (AvgIpc) is 3.99. The van der Waals surface area contributed by atoms with E-state index in [9.17, 15) is 0 Å². The molecular formula is C58H39NO. The van der Waals surface area contributed by atoms with Crippen molar-refractivity contribution in [2.45, 2.75) is 24.7 Å². The molecule has 0 radical (unpaired) electrons. The zero-order valence-electron chi connectivity index (χ0n) is 33.4. The van der Waals surface area contributed by atoms with Crippen molar-refractivity contribution in [3.8, 4) is 44.5 Å². The van der Waals surface area contributed by atoms with Crippen molar-refractivity contribution >= 4 is 39.0 Å². The maximum absolute atomic E-state index is 6.58. The van der Waals surface area contributed by atoms with Gasteiger partial charge in [0.25, 0.3) is 0 Å². The third-order valence-electron chi connectivity index (χ3n) is 13.9. The molecule has 10 aromatic rings. The normalized spacial score (nSPS) is 14.4. The Hall–Kier alpha value is -7.42. The number of hydrogen-bond acceptors (Lipinski definition) is 2. The molecule has 3 aliphatic rings. The first-order valence-corrected chi connectivity index (χ1v) is 21.0. The van der Waals surface area contributed by atoms with E-state index in [1.54, 1.807) is 0 Å². The Balaban J connectivity index is 1.04. The fourth-order valence-corrected chi connectivity index (χ4v) is 11.3. The van der Waals surface area contributed by atoms with Crippen LogP contribution in [0.4, 0.5) is 17.1 Å². The number of nitrogens with zero attached hydrogens (tertiary/aromatic N) is 1. The minimum Gasteiger partial charge on any atom is -0.455 e. The van der Waals surface area contributed by atoms with Crippen molar-refractivity contribution < 1.29 is 4.42 Å². The summed E-state index contributed by atoms with van der Waals surface area (Å²) >= 11 is 0. The summed E-state index contributed by atoms with van der Waals surface area (Å²) in [6, 6.07) is 74.2. The van der Waals surface area contributed by atoms with Gasteiger partial charge in [0.15, 0.2) is 0 Å². The predicted molar refractivity (Wildman–Crippen MR) is 248 cm³/mol. The first-order chi connectivity index (χ1) is 29.5. The molecule has 0 saturated heterocycles. The SMILES string of the molecule is CC1(C)c2ccccc2-c2ccc(N(c3cccc(-c4cccc5c4oc4ccccc45)c3)c3ccc4c(c3)-c3ccccc3C43c4ccccc4-c4ccccc43)cc21. The summed E-state index contributed by atoms with van der Waals surface area (Å²) in [5.41, 5.74) is 22.8. The number of hydrogen-bond donors (Lipinski definition) is 0. The zero-order valence-corrected chi connectivity index (χ0v) is 33.4. The molecule has 1 aromatic heterocycles. The molecule has 0 bridgehead atoms. The van der Waals surface area contributed by atoms with Crippen LogP contribution in [-0.2, 0) is 10.8 Å². The highest BCUT2D eigenvalue weighted by Crippen LogP contribution is 2.63. The van der Waals surface area contributed by atoms with Gasteiger partial charge in [0, 0.05) is 38.8 Å². The smallest absolute Gasteiger partial charge is 0.143 e. The number of rotatable bonds is 4.